The Labute approximate surface area is 68.5 Å². The van der Waals surface area contributed by atoms with Crippen LogP contribution in [0.1, 0.15) is 6.42 Å². The van der Waals surface area contributed by atoms with Gasteiger partial charge in [-0.1, -0.05) is 0 Å². The van der Waals surface area contributed by atoms with Crippen molar-refractivity contribution < 1.29 is 30.1 Å². The summed E-state index contributed by atoms with van der Waals surface area (Å²) < 4.78 is 63.2. The van der Waals surface area contributed by atoms with E-state index >= 15 is 0 Å². The SMILES string of the molecule is O=S(OCF)OCCC(F)(F)F. The second-order valence-electron chi connectivity index (χ2n) is 1.62. The summed E-state index contributed by atoms with van der Waals surface area (Å²) in [5, 5.41) is 0. The maximum Gasteiger partial charge on any atom is 0.391 e. The smallest absolute Gasteiger partial charge is 0.268 e. The van der Waals surface area contributed by atoms with Crippen LogP contribution in [0.5, 0.6) is 0 Å². The standard InChI is InChI=1S/C4H6F4O3S/c5-3-11-12(9)10-2-1-4(6,7)8/h1-3H2. The van der Waals surface area contributed by atoms with Gasteiger partial charge in [-0.25, -0.2) is 8.57 Å². The Balaban J connectivity index is 3.37. The zero-order valence-corrected chi connectivity index (χ0v) is 6.58. The molecule has 1 unspecified atom stereocenters. The Hall–Kier alpha value is -0.210. The zero-order chi connectivity index (χ0) is 9.61. The minimum Gasteiger partial charge on any atom is -0.268 e. The second-order valence-corrected chi connectivity index (χ2v) is 2.50. The van der Waals surface area contributed by atoms with Gasteiger partial charge in [0.1, 0.15) is 0 Å². The molecule has 0 aliphatic carbocycles. The van der Waals surface area contributed by atoms with Crippen molar-refractivity contribution in [2.24, 2.45) is 0 Å². The van der Waals surface area contributed by atoms with Crippen molar-refractivity contribution in [1.29, 1.82) is 0 Å². The topological polar surface area (TPSA) is 35.5 Å². The summed E-state index contributed by atoms with van der Waals surface area (Å²) in [4.78, 5) is 0. The lowest BCUT2D eigenvalue weighted by molar-refractivity contribution is -0.139. The first-order chi connectivity index (χ1) is 5.45. The molecule has 12 heavy (non-hydrogen) atoms. The highest BCUT2D eigenvalue weighted by Gasteiger charge is 2.27. The van der Waals surface area contributed by atoms with Crippen molar-refractivity contribution in [1.82, 2.24) is 0 Å². The van der Waals surface area contributed by atoms with Gasteiger partial charge in [0.25, 0.3) is 0 Å². The molecule has 0 aromatic heterocycles. The predicted molar refractivity (Wildman–Crippen MR) is 31.8 cm³/mol. The lowest BCUT2D eigenvalue weighted by atomic mass is 10.5. The van der Waals surface area contributed by atoms with E-state index in [9.17, 15) is 21.8 Å². The molecule has 0 saturated carbocycles. The largest absolute Gasteiger partial charge is 0.391 e. The molecule has 0 saturated heterocycles. The van der Waals surface area contributed by atoms with Crippen molar-refractivity contribution in [3.63, 3.8) is 0 Å². The Morgan fingerprint density at radius 2 is 1.83 bits per heavy atom. The van der Waals surface area contributed by atoms with Crippen LogP contribution < -0.4 is 0 Å². The van der Waals surface area contributed by atoms with Gasteiger partial charge in [0.05, 0.1) is 13.0 Å². The van der Waals surface area contributed by atoms with E-state index < -0.39 is 37.4 Å². The summed E-state index contributed by atoms with van der Waals surface area (Å²) in [5.74, 6) is 0. The number of rotatable bonds is 5. The molecule has 1 atom stereocenters. The minimum atomic E-state index is -4.38. The molecule has 0 bridgehead atoms. The molecule has 0 heterocycles. The zero-order valence-electron chi connectivity index (χ0n) is 5.77. The molecule has 0 rings (SSSR count). The molecular formula is C4H6F4O3S. The highest BCUT2D eigenvalue weighted by molar-refractivity contribution is 7.75. The predicted octanol–water partition coefficient (Wildman–Crippen LogP) is 1.48. The number of hydrogen-bond acceptors (Lipinski definition) is 3. The van der Waals surface area contributed by atoms with E-state index in [1.807, 2.05) is 0 Å². The van der Waals surface area contributed by atoms with Crippen LogP contribution in [0.3, 0.4) is 0 Å². The lowest BCUT2D eigenvalue weighted by Gasteiger charge is -2.04. The van der Waals surface area contributed by atoms with Gasteiger partial charge in [-0.15, -0.1) is 0 Å². The summed E-state index contributed by atoms with van der Waals surface area (Å²) in [7, 11) is 0. The normalized spacial score (nSPS) is 14.7. The van der Waals surface area contributed by atoms with Gasteiger partial charge in [-0.05, 0) is 0 Å². The molecule has 0 aliphatic rings. The maximum atomic E-state index is 11.4. The van der Waals surface area contributed by atoms with Gasteiger partial charge in [0, 0.05) is 0 Å². The molecule has 3 nitrogen and oxygen atoms in total. The molecule has 8 heteroatoms. The van der Waals surface area contributed by atoms with Crippen LogP contribution in [0.15, 0.2) is 0 Å². The third-order valence-electron chi connectivity index (χ3n) is 0.706. The molecular weight excluding hydrogens is 204 g/mol. The molecule has 0 fully saturated rings. The van der Waals surface area contributed by atoms with Gasteiger partial charge in [0.15, 0.2) is 0 Å². The molecule has 0 aliphatic heterocycles. The van der Waals surface area contributed by atoms with E-state index in [1.54, 1.807) is 0 Å². The van der Waals surface area contributed by atoms with Crippen LogP contribution in [0.25, 0.3) is 0 Å². The van der Waals surface area contributed by atoms with Crippen molar-refractivity contribution in [3.8, 4) is 0 Å². The van der Waals surface area contributed by atoms with E-state index in [2.05, 4.69) is 8.37 Å². The van der Waals surface area contributed by atoms with Crippen molar-refractivity contribution in [2.45, 2.75) is 12.6 Å². The minimum absolute atomic E-state index is 0.809. The average molecular weight is 210 g/mol. The summed E-state index contributed by atoms with van der Waals surface area (Å²) in [6.45, 7) is -2.17. The molecule has 0 radical (unpaired) electrons. The Kier molecular flexibility index (Phi) is 5.34. The molecule has 0 spiro atoms. The van der Waals surface area contributed by atoms with E-state index in [0.717, 1.165) is 0 Å². The summed E-state index contributed by atoms with van der Waals surface area (Å²) in [6.07, 6.45) is -5.62. The maximum absolute atomic E-state index is 11.4. The Morgan fingerprint density at radius 1 is 1.25 bits per heavy atom. The van der Waals surface area contributed by atoms with E-state index in [4.69, 9.17) is 0 Å². The first-order valence-electron chi connectivity index (χ1n) is 2.77. The Bertz CT molecular complexity index is 148. The highest BCUT2D eigenvalue weighted by atomic mass is 32.2. The van der Waals surface area contributed by atoms with Gasteiger partial charge in [-0.2, -0.15) is 17.4 Å². The molecule has 0 amide bonds. The van der Waals surface area contributed by atoms with Gasteiger partial charge >= 0.3 is 17.5 Å². The summed E-state index contributed by atoms with van der Waals surface area (Å²) in [5.41, 5.74) is 0. The van der Waals surface area contributed by atoms with Crippen molar-refractivity contribution >= 4 is 11.4 Å². The van der Waals surface area contributed by atoms with Gasteiger partial charge < -0.3 is 0 Å². The van der Waals surface area contributed by atoms with Crippen LogP contribution in [-0.2, 0) is 19.7 Å². The van der Waals surface area contributed by atoms with Gasteiger partial charge in [0.2, 0.25) is 6.86 Å². The lowest BCUT2D eigenvalue weighted by Crippen LogP contribution is -2.13. The van der Waals surface area contributed by atoms with Crippen LogP contribution in [0.4, 0.5) is 17.6 Å². The number of alkyl halides is 4. The second kappa shape index (κ2) is 5.44. The Morgan fingerprint density at radius 3 is 2.25 bits per heavy atom. The van der Waals surface area contributed by atoms with E-state index in [-0.39, 0.29) is 0 Å². The van der Waals surface area contributed by atoms with Crippen LogP contribution >= 0.6 is 0 Å². The van der Waals surface area contributed by atoms with Crippen LogP contribution in [-0.4, -0.2) is 23.9 Å². The van der Waals surface area contributed by atoms with Crippen molar-refractivity contribution in [2.75, 3.05) is 13.5 Å². The fourth-order valence-corrected chi connectivity index (χ4v) is 0.656. The fourth-order valence-electron chi connectivity index (χ4n) is 0.296. The van der Waals surface area contributed by atoms with Gasteiger partial charge in [-0.3, -0.25) is 4.18 Å². The first-order valence-corrected chi connectivity index (χ1v) is 3.77. The van der Waals surface area contributed by atoms with E-state index in [1.165, 1.54) is 0 Å². The molecule has 0 aromatic carbocycles. The number of hydrogen-bond donors (Lipinski definition) is 0. The molecule has 74 valence electrons. The average Bonchev–Trinajstić information content (AvgIpc) is 1.84. The highest BCUT2D eigenvalue weighted by Crippen LogP contribution is 2.19. The van der Waals surface area contributed by atoms with Crippen molar-refractivity contribution in [3.05, 3.63) is 0 Å². The quantitative estimate of drug-likeness (QED) is 0.644. The van der Waals surface area contributed by atoms with Crippen LogP contribution in [0, 0.1) is 0 Å². The monoisotopic (exact) mass is 210 g/mol. The fraction of sp³-hybridized carbons (Fsp3) is 1.00. The third kappa shape index (κ3) is 7.89. The number of halogens is 4. The summed E-state index contributed by atoms with van der Waals surface area (Å²) >= 11 is -2.43. The van der Waals surface area contributed by atoms with E-state index in [0.29, 0.717) is 0 Å². The molecule has 0 N–H and O–H groups in total. The van der Waals surface area contributed by atoms with Crippen LogP contribution in [0.2, 0.25) is 0 Å². The first kappa shape index (κ1) is 11.8. The molecule has 0 aromatic rings. The summed E-state index contributed by atoms with van der Waals surface area (Å²) in [6, 6.07) is 0. The third-order valence-corrected chi connectivity index (χ3v) is 1.35.